The predicted octanol–water partition coefficient (Wildman–Crippen LogP) is 3.87. The lowest BCUT2D eigenvalue weighted by Gasteiger charge is -2.15. The van der Waals surface area contributed by atoms with Gasteiger partial charge in [-0.2, -0.15) is 0 Å². The Morgan fingerprint density at radius 2 is 2.00 bits per heavy atom. The smallest absolute Gasteiger partial charge is 0.124 e. The van der Waals surface area contributed by atoms with Gasteiger partial charge in [-0.05, 0) is 29.8 Å². The zero-order valence-corrected chi connectivity index (χ0v) is 12.0. The van der Waals surface area contributed by atoms with Gasteiger partial charge >= 0.3 is 0 Å². The van der Waals surface area contributed by atoms with Crippen LogP contribution in [0.15, 0.2) is 46.9 Å². The molecule has 0 aliphatic rings. The lowest BCUT2D eigenvalue weighted by atomic mass is 10.0. The number of aliphatic hydroxyl groups excluding tert-OH is 1. The molecule has 0 aliphatic carbocycles. The first kappa shape index (κ1) is 14.0. The average Bonchev–Trinajstić information content (AvgIpc) is 2.41. The van der Waals surface area contributed by atoms with E-state index >= 15 is 0 Å². The van der Waals surface area contributed by atoms with E-state index in [1.165, 1.54) is 25.3 Å². The molecule has 0 bridgehead atoms. The van der Waals surface area contributed by atoms with Crippen molar-refractivity contribution in [1.29, 1.82) is 0 Å². The van der Waals surface area contributed by atoms with E-state index in [1.54, 1.807) is 0 Å². The number of hydrogen-bond donors (Lipinski definition) is 1. The van der Waals surface area contributed by atoms with Crippen LogP contribution in [0, 0.1) is 5.82 Å². The summed E-state index contributed by atoms with van der Waals surface area (Å²) in [6.07, 6.45) is -0.425. The van der Waals surface area contributed by atoms with Gasteiger partial charge in [-0.3, -0.25) is 0 Å². The van der Waals surface area contributed by atoms with Crippen molar-refractivity contribution in [3.63, 3.8) is 0 Å². The molecule has 100 valence electrons. The molecular formula is C15H14BrFO2. The average molecular weight is 325 g/mol. The third kappa shape index (κ3) is 3.33. The zero-order chi connectivity index (χ0) is 13.8. The van der Waals surface area contributed by atoms with Gasteiger partial charge in [0.25, 0.3) is 0 Å². The molecule has 0 aromatic heterocycles. The summed E-state index contributed by atoms with van der Waals surface area (Å²) in [7, 11) is 1.50. The van der Waals surface area contributed by atoms with Crippen molar-refractivity contribution in [1.82, 2.24) is 0 Å². The summed E-state index contributed by atoms with van der Waals surface area (Å²) < 4.78 is 19.4. The van der Waals surface area contributed by atoms with Crippen molar-refractivity contribution < 1.29 is 14.2 Å². The highest BCUT2D eigenvalue weighted by Gasteiger charge is 2.16. The Morgan fingerprint density at radius 3 is 2.68 bits per heavy atom. The van der Waals surface area contributed by atoms with E-state index in [9.17, 15) is 9.50 Å². The number of rotatable bonds is 4. The zero-order valence-electron chi connectivity index (χ0n) is 10.4. The van der Waals surface area contributed by atoms with Gasteiger partial charge in [0, 0.05) is 16.5 Å². The van der Waals surface area contributed by atoms with Crippen LogP contribution in [0.3, 0.4) is 0 Å². The van der Waals surface area contributed by atoms with Crippen LogP contribution >= 0.6 is 15.9 Å². The third-order valence-electron chi connectivity index (χ3n) is 2.92. The van der Waals surface area contributed by atoms with Crippen molar-refractivity contribution in [3.8, 4) is 5.75 Å². The molecule has 0 saturated carbocycles. The fourth-order valence-electron chi connectivity index (χ4n) is 1.95. The fraction of sp³-hybridized carbons (Fsp3) is 0.200. The Bertz CT molecular complexity index is 572. The maximum Gasteiger partial charge on any atom is 0.124 e. The van der Waals surface area contributed by atoms with Crippen molar-refractivity contribution in [2.45, 2.75) is 12.5 Å². The molecule has 2 rings (SSSR count). The summed E-state index contributed by atoms with van der Waals surface area (Å²) in [6, 6.07) is 11.8. The van der Waals surface area contributed by atoms with Crippen molar-refractivity contribution in [2.75, 3.05) is 7.11 Å². The molecule has 0 fully saturated rings. The van der Waals surface area contributed by atoms with Crippen LogP contribution in [0.25, 0.3) is 0 Å². The summed E-state index contributed by atoms with van der Waals surface area (Å²) in [5.74, 6) is 0.0999. The van der Waals surface area contributed by atoms with Crippen molar-refractivity contribution in [2.24, 2.45) is 0 Å². The summed E-state index contributed by atoms with van der Waals surface area (Å²) in [5.41, 5.74) is 1.42. The van der Waals surface area contributed by atoms with Crippen LogP contribution in [0.4, 0.5) is 4.39 Å². The lowest BCUT2D eigenvalue weighted by Crippen LogP contribution is -2.05. The highest BCUT2D eigenvalue weighted by molar-refractivity contribution is 9.10. The van der Waals surface area contributed by atoms with Gasteiger partial charge in [0.15, 0.2) is 0 Å². The molecule has 2 aromatic carbocycles. The molecule has 2 aromatic rings. The van der Waals surface area contributed by atoms with Gasteiger partial charge in [0.05, 0.1) is 13.2 Å². The van der Waals surface area contributed by atoms with Crippen LogP contribution in [0.2, 0.25) is 0 Å². The molecule has 0 heterocycles. The summed E-state index contributed by atoms with van der Waals surface area (Å²) in [5, 5.41) is 10.3. The summed E-state index contributed by atoms with van der Waals surface area (Å²) in [4.78, 5) is 0. The van der Waals surface area contributed by atoms with E-state index in [0.29, 0.717) is 17.7 Å². The molecule has 0 radical (unpaired) electrons. The summed E-state index contributed by atoms with van der Waals surface area (Å²) >= 11 is 3.43. The minimum atomic E-state index is -0.815. The van der Waals surface area contributed by atoms with E-state index < -0.39 is 6.10 Å². The molecule has 0 spiro atoms. The number of ether oxygens (including phenoxy) is 1. The van der Waals surface area contributed by atoms with E-state index in [1.807, 2.05) is 24.3 Å². The number of methoxy groups -OCH3 is 1. The maximum absolute atomic E-state index is 13.3. The number of aliphatic hydroxyl groups is 1. The quantitative estimate of drug-likeness (QED) is 0.925. The van der Waals surface area contributed by atoms with Gasteiger partial charge in [0.1, 0.15) is 11.6 Å². The second kappa shape index (κ2) is 6.17. The van der Waals surface area contributed by atoms with Crippen LogP contribution in [0.1, 0.15) is 17.2 Å². The van der Waals surface area contributed by atoms with Crippen LogP contribution in [0.5, 0.6) is 5.75 Å². The number of benzene rings is 2. The third-order valence-corrected chi connectivity index (χ3v) is 3.70. The second-order valence-electron chi connectivity index (χ2n) is 4.20. The predicted molar refractivity (Wildman–Crippen MR) is 75.8 cm³/mol. The standard InChI is InChI=1S/C15H14BrFO2/c1-19-15-7-6-11(17)9-12(15)14(18)8-10-4-2-3-5-13(10)16/h2-7,9,14,18H,8H2,1H3. The van der Waals surface area contributed by atoms with Gasteiger partial charge in [-0.1, -0.05) is 34.1 Å². The molecule has 4 heteroatoms. The van der Waals surface area contributed by atoms with E-state index in [2.05, 4.69) is 15.9 Å². The van der Waals surface area contributed by atoms with E-state index in [0.717, 1.165) is 10.0 Å². The normalized spacial score (nSPS) is 12.2. The number of halogens is 2. The maximum atomic E-state index is 13.3. The highest BCUT2D eigenvalue weighted by atomic mass is 79.9. The van der Waals surface area contributed by atoms with Gasteiger partial charge < -0.3 is 9.84 Å². The first-order chi connectivity index (χ1) is 9.11. The second-order valence-corrected chi connectivity index (χ2v) is 5.05. The first-order valence-corrected chi connectivity index (χ1v) is 6.66. The largest absolute Gasteiger partial charge is 0.496 e. The minimum Gasteiger partial charge on any atom is -0.496 e. The molecule has 2 nitrogen and oxygen atoms in total. The molecule has 1 atom stereocenters. The number of hydrogen-bond acceptors (Lipinski definition) is 2. The molecule has 0 saturated heterocycles. The van der Waals surface area contributed by atoms with Gasteiger partial charge in [-0.25, -0.2) is 4.39 Å². The van der Waals surface area contributed by atoms with Gasteiger partial charge in [0.2, 0.25) is 0 Å². The minimum absolute atomic E-state index is 0.387. The fourth-order valence-corrected chi connectivity index (χ4v) is 2.39. The Labute approximate surface area is 120 Å². The van der Waals surface area contributed by atoms with Crippen LogP contribution in [-0.4, -0.2) is 12.2 Å². The molecule has 1 unspecified atom stereocenters. The SMILES string of the molecule is COc1ccc(F)cc1C(O)Cc1ccccc1Br. The Balaban J connectivity index is 2.27. The van der Waals surface area contributed by atoms with Crippen LogP contribution < -0.4 is 4.74 Å². The molecule has 0 aliphatic heterocycles. The summed E-state index contributed by atoms with van der Waals surface area (Å²) in [6.45, 7) is 0. The van der Waals surface area contributed by atoms with Crippen molar-refractivity contribution >= 4 is 15.9 Å². The molecule has 0 amide bonds. The molecule has 1 N–H and O–H groups in total. The Hall–Kier alpha value is -1.39. The Kier molecular flexibility index (Phi) is 4.56. The highest BCUT2D eigenvalue weighted by Crippen LogP contribution is 2.30. The van der Waals surface area contributed by atoms with Crippen molar-refractivity contribution in [3.05, 3.63) is 63.9 Å². The van der Waals surface area contributed by atoms with Gasteiger partial charge in [-0.15, -0.1) is 0 Å². The molecule has 19 heavy (non-hydrogen) atoms. The molecular weight excluding hydrogens is 311 g/mol. The van der Waals surface area contributed by atoms with E-state index in [4.69, 9.17) is 4.74 Å². The topological polar surface area (TPSA) is 29.5 Å². The van der Waals surface area contributed by atoms with E-state index in [-0.39, 0.29) is 5.82 Å². The monoisotopic (exact) mass is 324 g/mol. The Morgan fingerprint density at radius 1 is 1.26 bits per heavy atom. The first-order valence-electron chi connectivity index (χ1n) is 5.86. The van der Waals surface area contributed by atoms with Crippen LogP contribution in [-0.2, 0) is 6.42 Å². The lowest BCUT2D eigenvalue weighted by molar-refractivity contribution is 0.173.